The Morgan fingerprint density at radius 1 is 1.28 bits per heavy atom. The largest absolute Gasteiger partial charge is 0.389 e. The molecule has 100 valence electrons. The predicted molar refractivity (Wildman–Crippen MR) is 73.9 cm³/mol. The third-order valence-electron chi connectivity index (χ3n) is 2.75. The molecule has 3 nitrogen and oxygen atoms in total. The molecular weight excluding hydrogens is 226 g/mol. The molecule has 0 heterocycles. The van der Waals surface area contributed by atoms with Crippen LogP contribution in [0.5, 0.6) is 0 Å². The summed E-state index contributed by atoms with van der Waals surface area (Å²) in [5.74, 6) is 0.0874. The monoisotopic (exact) mass is 249 g/mol. The molecule has 0 radical (unpaired) electrons. The van der Waals surface area contributed by atoms with Gasteiger partial charge in [-0.05, 0) is 32.9 Å². The van der Waals surface area contributed by atoms with Crippen molar-refractivity contribution in [1.82, 2.24) is 4.90 Å². The van der Waals surface area contributed by atoms with E-state index in [0.29, 0.717) is 13.1 Å². The molecule has 0 aromatic heterocycles. The van der Waals surface area contributed by atoms with Crippen molar-refractivity contribution < 1.29 is 9.90 Å². The highest BCUT2D eigenvalue weighted by molar-refractivity contribution is 5.97. The highest BCUT2D eigenvalue weighted by atomic mass is 16.3. The zero-order valence-electron chi connectivity index (χ0n) is 11.7. The van der Waals surface area contributed by atoms with Crippen LogP contribution in [-0.2, 0) is 6.42 Å². The van der Waals surface area contributed by atoms with Crippen molar-refractivity contribution in [3.8, 4) is 0 Å². The van der Waals surface area contributed by atoms with Gasteiger partial charge in [-0.3, -0.25) is 9.69 Å². The lowest BCUT2D eigenvalue weighted by Gasteiger charge is -2.24. The Kier molecular flexibility index (Phi) is 5.05. The molecule has 0 aliphatic carbocycles. The van der Waals surface area contributed by atoms with Crippen LogP contribution >= 0.6 is 0 Å². The Bertz CT molecular complexity index is 390. The summed E-state index contributed by atoms with van der Waals surface area (Å²) >= 11 is 0. The number of aryl methyl sites for hydroxylation is 1. The lowest BCUT2D eigenvalue weighted by Crippen LogP contribution is -2.38. The number of carbonyl (C=O) groups is 1. The zero-order chi connectivity index (χ0) is 13.8. The number of rotatable bonds is 6. The van der Waals surface area contributed by atoms with Crippen molar-refractivity contribution in [3.63, 3.8) is 0 Å². The minimum Gasteiger partial charge on any atom is -0.389 e. The fourth-order valence-electron chi connectivity index (χ4n) is 1.98. The fraction of sp³-hybridized carbons (Fsp3) is 0.533. The summed E-state index contributed by atoms with van der Waals surface area (Å²) in [6, 6.07) is 7.73. The molecule has 1 aromatic carbocycles. The Hall–Kier alpha value is -1.19. The van der Waals surface area contributed by atoms with Gasteiger partial charge in [0.15, 0.2) is 5.78 Å². The van der Waals surface area contributed by atoms with E-state index in [9.17, 15) is 9.90 Å². The van der Waals surface area contributed by atoms with Crippen molar-refractivity contribution in [2.75, 3.05) is 20.1 Å². The highest BCUT2D eigenvalue weighted by Gasteiger charge is 2.17. The summed E-state index contributed by atoms with van der Waals surface area (Å²) in [6.45, 7) is 6.38. The first-order chi connectivity index (χ1) is 8.31. The minimum atomic E-state index is -0.777. The third kappa shape index (κ3) is 4.98. The van der Waals surface area contributed by atoms with Crippen molar-refractivity contribution in [2.24, 2.45) is 0 Å². The minimum absolute atomic E-state index is 0.0874. The maximum Gasteiger partial charge on any atom is 0.176 e. The second-order valence-corrected chi connectivity index (χ2v) is 5.46. The fourth-order valence-corrected chi connectivity index (χ4v) is 1.98. The van der Waals surface area contributed by atoms with Crippen LogP contribution in [0.4, 0.5) is 0 Å². The Morgan fingerprint density at radius 2 is 1.83 bits per heavy atom. The normalized spacial score (nSPS) is 11.9. The van der Waals surface area contributed by atoms with E-state index >= 15 is 0 Å². The molecular formula is C15H23NO2. The van der Waals surface area contributed by atoms with Crippen molar-refractivity contribution in [2.45, 2.75) is 32.8 Å². The number of likely N-dealkylation sites (N-methyl/N-ethyl adjacent to an activating group) is 1. The standard InChI is InChI=1S/C15H23NO2/c1-5-12-6-8-13(9-7-12)14(17)10-16(4)11-15(2,3)18/h6-9,18H,5,10-11H2,1-4H3. The van der Waals surface area contributed by atoms with Gasteiger partial charge in [0.25, 0.3) is 0 Å². The number of ketones is 1. The van der Waals surface area contributed by atoms with E-state index in [2.05, 4.69) is 6.92 Å². The lowest BCUT2D eigenvalue weighted by atomic mass is 10.1. The van der Waals surface area contributed by atoms with Gasteiger partial charge in [0.1, 0.15) is 0 Å². The molecule has 0 fully saturated rings. The Labute approximate surface area is 109 Å². The molecule has 1 aromatic rings. The van der Waals surface area contributed by atoms with Crippen LogP contribution in [0.15, 0.2) is 24.3 Å². The van der Waals surface area contributed by atoms with Gasteiger partial charge < -0.3 is 5.11 Å². The van der Waals surface area contributed by atoms with Gasteiger partial charge in [-0.15, -0.1) is 0 Å². The van der Waals surface area contributed by atoms with Gasteiger partial charge >= 0.3 is 0 Å². The third-order valence-corrected chi connectivity index (χ3v) is 2.75. The van der Waals surface area contributed by atoms with Crippen molar-refractivity contribution in [1.29, 1.82) is 0 Å². The number of carbonyl (C=O) groups excluding carboxylic acids is 1. The maximum atomic E-state index is 12.0. The second kappa shape index (κ2) is 6.12. The van der Waals surface area contributed by atoms with E-state index in [-0.39, 0.29) is 5.78 Å². The van der Waals surface area contributed by atoms with Gasteiger partial charge in [-0.1, -0.05) is 31.2 Å². The smallest absolute Gasteiger partial charge is 0.176 e. The van der Waals surface area contributed by atoms with Crippen LogP contribution in [-0.4, -0.2) is 41.5 Å². The maximum absolute atomic E-state index is 12.0. The van der Waals surface area contributed by atoms with Crippen LogP contribution < -0.4 is 0 Å². The molecule has 3 heteroatoms. The number of benzene rings is 1. The molecule has 0 saturated carbocycles. The average Bonchev–Trinajstić information content (AvgIpc) is 2.26. The summed E-state index contributed by atoms with van der Waals surface area (Å²) < 4.78 is 0. The topological polar surface area (TPSA) is 40.5 Å². The summed E-state index contributed by atoms with van der Waals surface area (Å²) in [5.41, 5.74) is 1.19. The van der Waals surface area contributed by atoms with E-state index in [1.165, 1.54) is 5.56 Å². The molecule has 0 bridgehead atoms. The molecule has 1 N–H and O–H groups in total. The van der Waals surface area contributed by atoms with Crippen molar-refractivity contribution in [3.05, 3.63) is 35.4 Å². The first-order valence-corrected chi connectivity index (χ1v) is 6.35. The molecule has 0 aliphatic rings. The molecule has 0 aliphatic heterocycles. The highest BCUT2D eigenvalue weighted by Crippen LogP contribution is 2.08. The van der Waals surface area contributed by atoms with E-state index in [1.807, 2.05) is 36.2 Å². The number of Topliss-reactive ketones (excluding diaryl/α,β-unsaturated/α-hetero) is 1. The van der Waals surface area contributed by atoms with Crippen LogP contribution in [0, 0.1) is 0 Å². The number of hydrogen-bond acceptors (Lipinski definition) is 3. The summed E-state index contributed by atoms with van der Waals surface area (Å²) in [5, 5.41) is 9.69. The quantitative estimate of drug-likeness (QED) is 0.785. The van der Waals surface area contributed by atoms with Crippen molar-refractivity contribution >= 4 is 5.78 Å². The van der Waals surface area contributed by atoms with Crippen LogP contribution in [0.3, 0.4) is 0 Å². The number of nitrogens with zero attached hydrogens (tertiary/aromatic N) is 1. The first-order valence-electron chi connectivity index (χ1n) is 6.35. The van der Waals surface area contributed by atoms with Gasteiger partial charge in [0.2, 0.25) is 0 Å². The van der Waals surface area contributed by atoms with Crippen LogP contribution in [0.25, 0.3) is 0 Å². The Morgan fingerprint density at radius 3 is 2.28 bits per heavy atom. The summed E-state index contributed by atoms with van der Waals surface area (Å²) in [6.07, 6.45) is 0.979. The molecule has 0 unspecified atom stereocenters. The van der Waals surface area contributed by atoms with E-state index in [1.54, 1.807) is 13.8 Å². The van der Waals surface area contributed by atoms with Gasteiger partial charge in [-0.2, -0.15) is 0 Å². The van der Waals surface area contributed by atoms with Gasteiger partial charge in [0.05, 0.1) is 12.1 Å². The molecule has 0 spiro atoms. The van der Waals surface area contributed by atoms with Crippen LogP contribution in [0.1, 0.15) is 36.7 Å². The number of hydrogen-bond donors (Lipinski definition) is 1. The molecule has 0 atom stereocenters. The summed E-state index contributed by atoms with van der Waals surface area (Å²) in [4.78, 5) is 13.9. The predicted octanol–water partition coefficient (Wildman–Crippen LogP) is 2.13. The molecule has 0 amide bonds. The molecule has 1 rings (SSSR count). The Balaban J connectivity index is 2.59. The summed E-state index contributed by atoms with van der Waals surface area (Å²) in [7, 11) is 1.84. The second-order valence-electron chi connectivity index (χ2n) is 5.46. The van der Waals surface area contributed by atoms with E-state index < -0.39 is 5.60 Å². The van der Waals surface area contributed by atoms with E-state index in [0.717, 1.165) is 12.0 Å². The lowest BCUT2D eigenvalue weighted by molar-refractivity contribution is 0.0439. The zero-order valence-corrected chi connectivity index (χ0v) is 11.7. The first kappa shape index (κ1) is 14.9. The van der Waals surface area contributed by atoms with E-state index in [4.69, 9.17) is 0 Å². The van der Waals surface area contributed by atoms with Gasteiger partial charge in [-0.25, -0.2) is 0 Å². The SMILES string of the molecule is CCc1ccc(C(=O)CN(C)CC(C)(C)O)cc1. The van der Waals surface area contributed by atoms with Crippen LogP contribution in [0.2, 0.25) is 0 Å². The van der Waals surface area contributed by atoms with Gasteiger partial charge in [0, 0.05) is 12.1 Å². The average molecular weight is 249 g/mol. The molecule has 0 saturated heterocycles. The molecule has 18 heavy (non-hydrogen) atoms. The number of aliphatic hydroxyl groups is 1.